The summed E-state index contributed by atoms with van der Waals surface area (Å²) in [6, 6.07) is 0. The maximum Gasteiger partial charge on any atom is 0.302 e. The molecule has 0 aliphatic carbocycles. The first-order chi connectivity index (χ1) is 7.95. The SMILES string of the molecule is C#CCC(CC#C)(COC(C)=O)COC(C)=O. The summed E-state index contributed by atoms with van der Waals surface area (Å²) in [4.78, 5) is 21.6. The monoisotopic (exact) mass is 236 g/mol. The van der Waals surface area contributed by atoms with Crippen molar-refractivity contribution >= 4 is 11.9 Å². The molecule has 0 aliphatic rings. The second-order valence-electron chi connectivity index (χ2n) is 3.82. The second-order valence-corrected chi connectivity index (χ2v) is 3.82. The van der Waals surface area contributed by atoms with E-state index < -0.39 is 17.4 Å². The summed E-state index contributed by atoms with van der Waals surface area (Å²) < 4.78 is 9.85. The number of carbonyl (C=O) groups is 2. The van der Waals surface area contributed by atoms with Gasteiger partial charge in [-0.25, -0.2) is 0 Å². The maximum atomic E-state index is 10.8. The Morgan fingerprint density at radius 1 is 1.00 bits per heavy atom. The van der Waals surface area contributed by atoms with Gasteiger partial charge in [0.2, 0.25) is 0 Å². The molecule has 0 atom stereocenters. The first-order valence-corrected chi connectivity index (χ1v) is 5.09. The van der Waals surface area contributed by atoms with E-state index in [-0.39, 0.29) is 26.1 Å². The van der Waals surface area contributed by atoms with Gasteiger partial charge >= 0.3 is 11.9 Å². The maximum absolute atomic E-state index is 10.8. The first kappa shape index (κ1) is 15.1. The minimum atomic E-state index is -0.694. The van der Waals surface area contributed by atoms with Crippen LogP contribution in [-0.2, 0) is 19.1 Å². The minimum Gasteiger partial charge on any atom is -0.465 e. The molecule has 0 aromatic rings. The third kappa shape index (κ3) is 6.27. The molecule has 0 saturated heterocycles. The van der Waals surface area contributed by atoms with E-state index in [1.165, 1.54) is 13.8 Å². The van der Waals surface area contributed by atoms with Crippen LogP contribution in [0, 0.1) is 30.1 Å². The molecule has 4 nitrogen and oxygen atoms in total. The highest BCUT2D eigenvalue weighted by Crippen LogP contribution is 2.27. The van der Waals surface area contributed by atoms with Crippen LogP contribution in [-0.4, -0.2) is 25.2 Å². The standard InChI is InChI=1S/C13H16O4/c1-5-7-13(8-6-2,9-16-11(3)14)10-17-12(4)15/h1-2H,7-10H2,3-4H3. The summed E-state index contributed by atoms with van der Waals surface area (Å²) in [5.74, 6) is 4.08. The van der Waals surface area contributed by atoms with Gasteiger partial charge in [-0.1, -0.05) is 0 Å². The van der Waals surface area contributed by atoms with E-state index in [0.717, 1.165) is 0 Å². The van der Waals surface area contributed by atoms with Crippen LogP contribution in [0.3, 0.4) is 0 Å². The molecule has 92 valence electrons. The number of esters is 2. The summed E-state index contributed by atoms with van der Waals surface area (Å²) in [5.41, 5.74) is -0.694. The van der Waals surface area contributed by atoms with Crippen LogP contribution in [0.5, 0.6) is 0 Å². The van der Waals surface area contributed by atoms with Gasteiger partial charge in [0.15, 0.2) is 0 Å². The number of hydrogen-bond donors (Lipinski definition) is 0. The van der Waals surface area contributed by atoms with Gasteiger partial charge < -0.3 is 9.47 Å². The molecule has 0 aromatic carbocycles. The summed E-state index contributed by atoms with van der Waals surface area (Å²) in [5, 5.41) is 0. The molecule has 0 radical (unpaired) electrons. The van der Waals surface area contributed by atoms with Gasteiger partial charge in [-0.15, -0.1) is 24.7 Å². The molecule has 0 bridgehead atoms. The van der Waals surface area contributed by atoms with Gasteiger partial charge in [-0.2, -0.15) is 0 Å². The minimum absolute atomic E-state index is 0.0456. The molecule has 0 N–H and O–H groups in total. The fourth-order valence-electron chi connectivity index (χ4n) is 1.25. The lowest BCUT2D eigenvalue weighted by atomic mass is 9.83. The van der Waals surface area contributed by atoms with Crippen molar-refractivity contribution in [2.45, 2.75) is 26.7 Å². The van der Waals surface area contributed by atoms with Crippen LogP contribution in [0.15, 0.2) is 0 Å². The number of rotatable bonds is 6. The van der Waals surface area contributed by atoms with E-state index in [1.807, 2.05) is 0 Å². The fraction of sp³-hybridized carbons (Fsp3) is 0.538. The van der Waals surface area contributed by atoms with Crippen LogP contribution < -0.4 is 0 Å². The van der Waals surface area contributed by atoms with E-state index in [2.05, 4.69) is 11.8 Å². The number of carbonyl (C=O) groups excluding carboxylic acids is 2. The smallest absolute Gasteiger partial charge is 0.302 e. The van der Waals surface area contributed by atoms with Gasteiger partial charge in [0.25, 0.3) is 0 Å². The Kier molecular flexibility index (Phi) is 6.51. The average Bonchev–Trinajstić information content (AvgIpc) is 2.24. The van der Waals surface area contributed by atoms with Crippen LogP contribution in [0.1, 0.15) is 26.7 Å². The first-order valence-electron chi connectivity index (χ1n) is 5.09. The largest absolute Gasteiger partial charge is 0.465 e. The molecular formula is C13H16O4. The van der Waals surface area contributed by atoms with E-state index in [9.17, 15) is 9.59 Å². The Bertz CT molecular complexity index is 321. The third-order valence-corrected chi connectivity index (χ3v) is 2.12. The van der Waals surface area contributed by atoms with Crippen LogP contribution in [0.25, 0.3) is 0 Å². The molecule has 0 fully saturated rings. The van der Waals surface area contributed by atoms with Crippen molar-refractivity contribution in [3.8, 4) is 24.7 Å². The number of hydrogen-bond acceptors (Lipinski definition) is 4. The Labute approximate surface area is 102 Å². The Morgan fingerprint density at radius 3 is 1.59 bits per heavy atom. The number of terminal acetylenes is 2. The topological polar surface area (TPSA) is 52.6 Å². The lowest BCUT2D eigenvalue weighted by molar-refractivity contribution is -0.151. The highest BCUT2D eigenvalue weighted by Gasteiger charge is 2.31. The summed E-state index contributed by atoms with van der Waals surface area (Å²) >= 11 is 0. The molecule has 0 saturated carbocycles. The molecule has 0 heterocycles. The summed E-state index contributed by atoms with van der Waals surface area (Å²) in [6.45, 7) is 2.68. The molecule has 0 spiro atoms. The second kappa shape index (κ2) is 7.35. The van der Waals surface area contributed by atoms with Crippen molar-refractivity contribution in [1.29, 1.82) is 0 Å². The van der Waals surface area contributed by atoms with E-state index in [0.29, 0.717) is 0 Å². The normalized spacial score (nSPS) is 9.88. The highest BCUT2D eigenvalue weighted by molar-refractivity contribution is 5.66. The molecule has 0 aliphatic heterocycles. The third-order valence-electron chi connectivity index (χ3n) is 2.12. The van der Waals surface area contributed by atoms with Gasteiger partial charge in [0.1, 0.15) is 13.2 Å². The van der Waals surface area contributed by atoms with Crippen molar-refractivity contribution in [1.82, 2.24) is 0 Å². The quantitative estimate of drug-likeness (QED) is 0.512. The van der Waals surface area contributed by atoms with Crippen LogP contribution in [0.4, 0.5) is 0 Å². The zero-order chi connectivity index (χ0) is 13.3. The summed E-state index contributed by atoms with van der Waals surface area (Å²) in [7, 11) is 0. The van der Waals surface area contributed by atoms with Gasteiger partial charge in [0, 0.05) is 26.7 Å². The average molecular weight is 236 g/mol. The Balaban J connectivity index is 4.72. The molecule has 0 unspecified atom stereocenters. The van der Waals surface area contributed by atoms with E-state index in [4.69, 9.17) is 22.3 Å². The van der Waals surface area contributed by atoms with E-state index in [1.54, 1.807) is 0 Å². The van der Waals surface area contributed by atoms with Crippen LogP contribution in [0.2, 0.25) is 0 Å². The van der Waals surface area contributed by atoms with Gasteiger partial charge in [-0.3, -0.25) is 9.59 Å². The molecule has 0 rings (SSSR count). The zero-order valence-corrected chi connectivity index (χ0v) is 10.1. The molecule has 0 aromatic heterocycles. The van der Waals surface area contributed by atoms with Crippen molar-refractivity contribution in [3.05, 3.63) is 0 Å². The van der Waals surface area contributed by atoms with Crippen molar-refractivity contribution in [2.75, 3.05) is 13.2 Å². The Morgan fingerprint density at radius 2 is 1.35 bits per heavy atom. The molecule has 4 heteroatoms. The predicted octanol–water partition coefficient (Wildman–Crippen LogP) is 1.15. The van der Waals surface area contributed by atoms with Crippen LogP contribution >= 0.6 is 0 Å². The molecular weight excluding hydrogens is 220 g/mol. The zero-order valence-electron chi connectivity index (χ0n) is 10.1. The van der Waals surface area contributed by atoms with Gasteiger partial charge in [-0.05, 0) is 0 Å². The van der Waals surface area contributed by atoms with Crippen molar-refractivity contribution in [2.24, 2.45) is 5.41 Å². The fourth-order valence-corrected chi connectivity index (χ4v) is 1.25. The Hall–Kier alpha value is -1.94. The lowest BCUT2D eigenvalue weighted by Gasteiger charge is -2.28. The van der Waals surface area contributed by atoms with Crippen molar-refractivity contribution in [3.63, 3.8) is 0 Å². The lowest BCUT2D eigenvalue weighted by Crippen LogP contribution is -2.33. The molecule has 17 heavy (non-hydrogen) atoms. The number of ether oxygens (including phenoxy) is 2. The predicted molar refractivity (Wildman–Crippen MR) is 62.6 cm³/mol. The highest BCUT2D eigenvalue weighted by atomic mass is 16.5. The summed E-state index contributed by atoms with van der Waals surface area (Å²) in [6.07, 6.45) is 11.1. The van der Waals surface area contributed by atoms with Gasteiger partial charge in [0.05, 0.1) is 5.41 Å². The molecule has 0 amide bonds. The van der Waals surface area contributed by atoms with E-state index >= 15 is 0 Å². The van der Waals surface area contributed by atoms with Crippen molar-refractivity contribution < 1.29 is 19.1 Å².